The molecule has 1 atom stereocenters. The van der Waals surface area contributed by atoms with Gasteiger partial charge in [0.1, 0.15) is 0 Å². The van der Waals surface area contributed by atoms with Crippen LogP contribution in [-0.2, 0) is 4.74 Å². The smallest absolute Gasteiger partial charge is 0.0528 e. The van der Waals surface area contributed by atoms with Gasteiger partial charge in [0, 0.05) is 17.5 Å². The molecule has 0 bridgehead atoms. The van der Waals surface area contributed by atoms with Crippen LogP contribution >= 0.6 is 15.9 Å². The van der Waals surface area contributed by atoms with Crippen molar-refractivity contribution in [1.82, 2.24) is 0 Å². The molecule has 1 aromatic rings. The van der Waals surface area contributed by atoms with Gasteiger partial charge >= 0.3 is 0 Å². The van der Waals surface area contributed by atoms with Crippen LogP contribution in [0.1, 0.15) is 18.4 Å². The van der Waals surface area contributed by atoms with Gasteiger partial charge in [-0.25, -0.2) is 0 Å². The highest BCUT2D eigenvalue weighted by Crippen LogP contribution is 2.18. The maximum atomic E-state index is 5.08. The van der Waals surface area contributed by atoms with Crippen molar-refractivity contribution >= 4 is 15.9 Å². The molecule has 12 heavy (non-hydrogen) atoms. The van der Waals surface area contributed by atoms with Crippen LogP contribution in [0.5, 0.6) is 0 Å². The zero-order chi connectivity index (χ0) is 8.97. The van der Waals surface area contributed by atoms with Crippen LogP contribution in [0.3, 0.4) is 0 Å². The largest absolute Gasteiger partial charge is 0.384 e. The van der Waals surface area contributed by atoms with Crippen LogP contribution in [0, 0.1) is 0 Å². The van der Waals surface area contributed by atoms with Crippen LogP contribution in [-0.4, -0.2) is 13.7 Å². The number of hydrogen-bond acceptors (Lipinski definition) is 1. The molecule has 1 nitrogen and oxygen atoms in total. The standard InChI is InChI=1S/C10H13BrO/c1-8(7-12-2)9-3-5-10(11)6-4-9/h3-6,8H,7H2,1-2H3/t8-/m1/s1. The Labute approximate surface area is 81.9 Å². The van der Waals surface area contributed by atoms with E-state index in [0.29, 0.717) is 5.92 Å². The SMILES string of the molecule is COC[C@@H](C)c1ccc(Br)cc1. The molecular weight excluding hydrogens is 216 g/mol. The Kier molecular flexibility index (Phi) is 3.76. The molecule has 0 heterocycles. The van der Waals surface area contributed by atoms with Crippen LogP contribution in [0.25, 0.3) is 0 Å². The van der Waals surface area contributed by atoms with Crippen molar-refractivity contribution in [3.8, 4) is 0 Å². The van der Waals surface area contributed by atoms with Crippen LogP contribution in [0.15, 0.2) is 28.7 Å². The normalized spacial score (nSPS) is 12.9. The summed E-state index contributed by atoms with van der Waals surface area (Å²) in [6.07, 6.45) is 0. The highest BCUT2D eigenvalue weighted by molar-refractivity contribution is 9.10. The van der Waals surface area contributed by atoms with E-state index in [0.717, 1.165) is 11.1 Å². The summed E-state index contributed by atoms with van der Waals surface area (Å²) >= 11 is 3.40. The summed E-state index contributed by atoms with van der Waals surface area (Å²) in [5.41, 5.74) is 1.32. The van der Waals surface area contributed by atoms with Gasteiger partial charge in [-0.1, -0.05) is 35.0 Å². The minimum absolute atomic E-state index is 0.475. The Morgan fingerprint density at radius 2 is 1.92 bits per heavy atom. The van der Waals surface area contributed by atoms with Crippen molar-refractivity contribution in [2.45, 2.75) is 12.8 Å². The number of methoxy groups -OCH3 is 1. The molecular formula is C10H13BrO. The Bertz CT molecular complexity index is 230. The van der Waals surface area contributed by atoms with Gasteiger partial charge in [0.05, 0.1) is 6.61 Å². The molecule has 0 saturated heterocycles. The predicted molar refractivity (Wildman–Crippen MR) is 54.4 cm³/mol. The van der Waals surface area contributed by atoms with E-state index in [9.17, 15) is 0 Å². The summed E-state index contributed by atoms with van der Waals surface area (Å²) in [6, 6.07) is 8.35. The molecule has 66 valence electrons. The van der Waals surface area contributed by atoms with E-state index >= 15 is 0 Å². The lowest BCUT2D eigenvalue weighted by Gasteiger charge is -2.09. The average molecular weight is 229 g/mol. The van der Waals surface area contributed by atoms with E-state index in [1.807, 2.05) is 0 Å². The molecule has 0 aliphatic rings. The molecule has 0 N–H and O–H groups in total. The topological polar surface area (TPSA) is 9.23 Å². The lowest BCUT2D eigenvalue weighted by molar-refractivity contribution is 0.184. The molecule has 0 unspecified atom stereocenters. The molecule has 0 spiro atoms. The molecule has 1 rings (SSSR count). The summed E-state index contributed by atoms with van der Waals surface area (Å²) in [5.74, 6) is 0.475. The summed E-state index contributed by atoms with van der Waals surface area (Å²) in [4.78, 5) is 0. The Balaban J connectivity index is 2.68. The Hall–Kier alpha value is -0.340. The van der Waals surface area contributed by atoms with Gasteiger partial charge in [0.15, 0.2) is 0 Å². The lowest BCUT2D eigenvalue weighted by atomic mass is 10.0. The van der Waals surface area contributed by atoms with Crippen molar-refractivity contribution in [2.24, 2.45) is 0 Å². The van der Waals surface area contributed by atoms with Crippen LogP contribution in [0.4, 0.5) is 0 Å². The zero-order valence-electron chi connectivity index (χ0n) is 7.38. The molecule has 2 heteroatoms. The van der Waals surface area contributed by atoms with E-state index < -0.39 is 0 Å². The van der Waals surface area contributed by atoms with E-state index in [1.54, 1.807) is 7.11 Å². The van der Waals surface area contributed by atoms with E-state index in [-0.39, 0.29) is 0 Å². The summed E-state index contributed by atoms with van der Waals surface area (Å²) < 4.78 is 6.20. The van der Waals surface area contributed by atoms with Crippen molar-refractivity contribution in [1.29, 1.82) is 0 Å². The third-order valence-electron chi connectivity index (χ3n) is 1.86. The van der Waals surface area contributed by atoms with Crippen molar-refractivity contribution in [3.05, 3.63) is 34.3 Å². The number of benzene rings is 1. The zero-order valence-corrected chi connectivity index (χ0v) is 8.97. The van der Waals surface area contributed by atoms with E-state index in [1.165, 1.54) is 5.56 Å². The fourth-order valence-corrected chi connectivity index (χ4v) is 1.40. The third-order valence-corrected chi connectivity index (χ3v) is 2.38. The summed E-state index contributed by atoms with van der Waals surface area (Å²) in [7, 11) is 1.73. The molecule has 0 aliphatic heterocycles. The number of ether oxygens (including phenoxy) is 1. The number of hydrogen-bond donors (Lipinski definition) is 0. The molecule has 0 aliphatic carbocycles. The van der Waals surface area contributed by atoms with Gasteiger partial charge < -0.3 is 4.74 Å². The number of rotatable bonds is 3. The third kappa shape index (κ3) is 2.61. The molecule has 0 fully saturated rings. The second-order valence-electron chi connectivity index (χ2n) is 2.91. The maximum absolute atomic E-state index is 5.08. The molecule has 1 aromatic carbocycles. The van der Waals surface area contributed by atoms with Crippen molar-refractivity contribution in [3.63, 3.8) is 0 Å². The highest BCUT2D eigenvalue weighted by atomic mass is 79.9. The second-order valence-corrected chi connectivity index (χ2v) is 3.82. The lowest BCUT2D eigenvalue weighted by Crippen LogP contribution is -2.01. The van der Waals surface area contributed by atoms with Crippen molar-refractivity contribution < 1.29 is 4.74 Å². The monoisotopic (exact) mass is 228 g/mol. The molecule has 0 amide bonds. The van der Waals surface area contributed by atoms with E-state index in [4.69, 9.17) is 4.74 Å². The first-order valence-corrected chi connectivity index (χ1v) is 4.77. The van der Waals surface area contributed by atoms with Crippen LogP contribution < -0.4 is 0 Å². The van der Waals surface area contributed by atoms with Crippen LogP contribution in [0.2, 0.25) is 0 Å². The molecule has 0 aromatic heterocycles. The average Bonchev–Trinajstić information content (AvgIpc) is 2.06. The van der Waals surface area contributed by atoms with Gasteiger partial charge in [-0.3, -0.25) is 0 Å². The first-order valence-electron chi connectivity index (χ1n) is 3.98. The maximum Gasteiger partial charge on any atom is 0.0528 e. The fraction of sp³-hybridized carbons (Fsp3) is 0.400. The predicted octanol–water partition coefficient (Wildman–Crippen LogP) is 3.20. The van der Waals surface area contributed by atoms with Gasteiger partial charge in [-0.15, -0.1) is 0 Å². The Morgan fingerprint density at radius 3 is 2.42 bits per heavy atom. The minimum atomic E-state index is 0.475. The number of halogens is 1. The van der Waals surface area contributed by atoms with Crippen molar-refractivity contribution in [2.75, 3.05) is 13.7 Å². The fourth-order valence-electron chi connectivity index (χ4n) is 1.14. The molecule has 0 radical (unpaired) electrons. The minimum Gasteiger partial charge on any atom is -0.384 e. The van der Waals surface area contributed by atoms with Gasteiger partial charge in [0.25, 0.3) is 0 Å². The molecule has 0 saturated carbocycles. The first-order chi connectivity index (χ1) is 5.74. The quantitative estimate of drug-likeness (QED) is 0.773. The van der Waals surface area contributed by atoms with Gasteiger partial charge in [-0.05, 0) is 17.7 Å². The highest BCUT2D eigenvalue weighted by Gasteiger charge is 2.03. The van der Waals surface area contributed by atoms with E-state index in [2.05, 4.69) is 47.1 Å². The second kappa shape index (κ2) is 4.63. The Morgan fingerprint density at radius 1 is 1.33 bits per heavy atom. The summed E-state index contributed by atoms with van der Waals surface area (Å²) in [5, 5.41) is 0. The van der Waals surface area contributed by atoms with Gasteiger partial charge in [0.2, 0.25) is 0 Å². The van der Waals surface area contributed by atoms with Gasteiger partial charge in [-0.2, -0.15) is 0 Å². The summed E-state index contributed by atoms with van der Waals surface area (Å²) in [6.45, 7) is 2.94. The first kappa shape index (κ1) is 9.75.